The number of carboxylic acids is 1. The zero-order valence-electron chi connectivity index (χ0n) is 13.6. The zero-order chi connectivity index (χ0) is 18.6. The molecule has 0 fully saturated rings. The van der Waals surface area contributed by atoms with Crippen LogP contribution in [-0.4, -0.2) is 41.3 Å². The van der Waals surface area contributed by atoms with E-state index in [0.29, 0.717) is 6.42 Å². The largest absolute Gasteiger partial charge is 0.478 e. The van der Waals surface area contributed by atoms with Crippen molar-refractivity contribution in [3.63, 3.8) is 0 Å². The van der Waals surface area contributed by atoms with Gasteiger partial charge in [0, 0.05) is 12.8 Å². The summed E-state index contributed by atoms with van der Waals surface area (Å²) in [4.78, 5) is 25.6. The van der Waals surface area contributed by atoms with E-state index in [4.69, 9.17) is 9.47 Å². The maximum Gasteiger partial charge on any atom is 0.340 e. The number of fused-ring (bicyclic) bond motifs is 1. The standard InChI is InChI=1S/C17H15N3O5/c1-3-8-25-17(10-19)13(15(21)22)12(9-18)20-7-5-4-6-11(20)14(17)16(23)24-2/h4-7H,3,8H2,1-2H3,(H,21,22). The van der Waals surface area contributed by atoms with E-state index in [0.717, 1.165) is 7.11 Å². The highest BCUT2D eigenvalue weighted by Crippen LogP contribution is 2.43. The molecule has 1 unspecified atom stereocenters. The molecule has 0 spiro atoms. The number of esters is 1. The Hall–Kier alpha value is -3.36. The summed E-state index contributed by atoms with van der Waals surface area (Å²) in [5, 5.41) is 29.0. The molecule has 2 heterocycles. The zero-order valence-corrected chi connectivity index (χ0v) is 13.6. The molecule has 0 aliphatic carbocycles. The third kappa shape index (κ3) is 2.69. The van der Waals surface area contributed by atoms with E-state index in [9.17, 15) is 25.2 Å². The molecule has 0 aromatic carbocycles. The summed E-state index contributed by atoms with van der Waals surface area (Å²) in [6.45, 7) is 1.78. The Balaban J connectivity index is 2.91. The van der Waals surface area contributed by atoms with Gasteiger partial charge >= 0.3 is 11.9 Å². The lowest BCUT2D eigenvalue weighted by Crippen LogP contribution is -2.48. The summed E-state index contributed by atoms with van der Waals surface area (Å²) in [6.07, 6.45) is 6.56. The van der Waals surface area contributed by atoms with E-state index in [2.05, 4.69) is 0 Å². The Labute approximate surface area is 144 Å². The second-order valence-corrected chi connectivity index (χ2v) is 5.10. The maximum atomic E-state index is 12.4. The number of allylic oxidation sites excluding steroid dienone is 4. The summed E-state index contributed by atoms with van der Waals surface area (Å²) in [5.41, 5.74) is -3.28. The second kappa shape index (κ2) is 7.04. The lowest BCUT2D eigenvalue weighted by atomic mass is 9.80. The van der Waals surface area contributed by atoms with Crippen molar-refractivity contribution in [2.45, 2.75) is 18.9 Å². The number of methoxy groups -OCH3 is 1. The van der Waals surface area contributed by atoms with Gasteiger partial charge in [-0.3, -0.25) is 0 Å². The molecule has 0 bridgehead atoms. The minimum absolute atomic E-state index is 0.0103. The fourth-order valence-corrected chi connectivity index (χ4v) is 2.69. The molecule has 1 N–H and O–H groups in total. The van der Waals surface area contributed by atoms with E-state index in [1.54, 1.807) is 31.2 Å². The average Bonchev–Trinajstić information content (AvgIpc) is 2.63. The van der Waals surface area contributed by atoms with Crippen LogP contribution in [0.25, 0.3) is 0 Å². The van der Waals surface area contributed by atoms with Crippen molar-refractivity contribution in [2.24, 2.45) is 0 Å². The molecule has 0 amide bonds. The van der Waals surface area contributed by atoms with Gasteiger partial charge in [0.15, 0.2) is 0 Å². The summed E-state index contributed by atoms with van der Waals surface area (Å²) in [7, 11) is 1.12. The van der Waals surface area contributed by atoms with Crippen LogP contribution in [0.2, 0.25) is 0 Å². The summed E-state index contributed by atoms with van der Waals surface area (Å²) < 4.78 is 10.3. The van der Waals surface area contributed by atoms with Crippen LogP contribution >= 0.6 is 0 Å². The Bertz CT molecular complexity index is 822. The van der Waals surface area contributed by atoms with Crippen molar-refractivity contribution in [3.8, 4) is 12.1 Å². The lowest BCUT2D eigenvalue weighted by molar-refractivity contribution is -0.140. The molecule has 25 heavy (non-hydrogen) atoms. The van der Waals surface area contributed by atoms with Crippen molar-refractivity contribution in [3.05, 3.63) is 47.0 Å². The average molecular weight is 341 g/mol. The third-order valence-corrected chi connectivity index (χ3v) is 3.69. The van der Waals surface area contributed by atoms with Crippen LogP contribution in [0.1, 0.15) is 13.3 Å². The minimum atomic E-state index is -2.25. The first-order chi connectivity index (χ1) is 12.0. The van der Waals surface area contributed by atoms with Gasteiger partial charge in [-0.1, -0.05) is 13.0 Å². The molecule has 1 atom stereocenters. The number of hydrogen-bond donors (Lipinski definition) is 1. The number of nitriles is 2. The van der Waals surface area contributed by atoms with Crippen LogP contribution in [0.4, 0.5) is 0 Å². The predicted octanol–water partition coefficient (Wildman–Crippen LogP) is 1.36. The van der Waals surface area contributed by atoms with Crippen molar-refractivity contribution in [1.82, 2.24) is 4.90 Å². The number of hydrogen-bond acceptors (Lipinski definition) is 7. The SMILES string of the molecule is CCCOC1(C#N)C(C(=O)O)=C(C#N)N2C=CC=CC2=C1C(=O)OC. The quantitative estimate of drug-likeness (QED) is 0.743. The number of aliphatic carboxylic acids is 1. The summed E-state index contributed by atoms with van der Waals surface area (Å²) in [5.74, 6) is -2.44. The van der Waals surface area contributed by atoms with E-state index < -0.39 is 23.1 Å². The molecule has 2 rings (SSSR count). The molecular weight excluding hydrogens is 326 g/mol. The highest BCUT2D eigenvalue weighted by atomic mass is 16.5. The molecule has 0 aromatic rings. The Morgan fingerprint density at radius 3 is 2.56 bits per heavy atom. The molecule has 128 valence electrons. The third-order valence-electron chi connectivity index (χ3n) is 3.69. The molecule has 0 radical (unpaired) electrons. The Morgan fingerprint density at radius 1 is 1.32 bits per heavy atom. The van der Waals surface area contributed by atoms with Gasteiger partial charge in [-0.05, 0) is 18.6 Å². The van der Waals surface area contributed by atoms with Crippen LogP contribution in [0, 0.1) is 22.7 Å². The molecule has 8 nitrogen and oxygen atoms in total. The van der Waals surface area contributed by atoms with Crippen LogP contribution in [-0.2, 0) is 19.1 Å². The van der Waals surface area contributed by atoms with Crippen LogP contribution in [0.15, 0.2) is 47.0 Å². The number of carbonyl (C=O) groups excluding carboxylic acids is 1. The predicted molar refractivity (Wildman–Crippen MR) is 84.0 cm³/mol. The number of nitrogens with zero attached hydrogens (tertiary/aromatic N) is 3. The van der Waals surface area contributed by atoms with Gasteiger partial charge in [-0.2, -0.15) is 10.5 Å². The van der Waals surface area contributed by atoms with Crippen molar-refractivity contribution < 1.29 is 24.2 Å². The fraction of sp³-hybridized carbons (Fsp3) is 0.294. The van der Waals surface area contributed by atoms with Gasteiger partial charge in [0.05, 0.1) is 12.8 Å². The topological polar surface area (TPSA) is 124 Å². The number of ether oxygens (including phenoxy) is 2. The van der Waals surface area contributed by atoms with Crippen molar-refractivity contribution >= 4 is 11.9 Å². The first kappa shape index (κ1) is 18.0. The molecule has 0 aromatic heterocycles. The molecular formula is C17H15N3O5. The van der Waals surface area contributed by atoms with E-state index in [1.165, 1.54) is 17.2 Å². The molecule has 8 heteroatoms. The summed E-state index contributed by atoms with van der Waals surface area (Å²) >= 11 is 0. The van der Waals surface area contributed by atoms with E-state index >= 15 is 0 Å². The van der Waals surface area contributed by atoms with Gasteiger partial charge in [0.2, 0.25) is 5.60 Å². The second-order valence-electron chi connectivity index (χ2n) is 5.10. The monoisotopic (exact) mass is 341 g/mol. The summed E-state index contributed by atoms with van der Waals surface area (Å²) in [6, 6.07) is 3.59. The Kier molecular flexibility index (Phi) is 5.06. The molecule has 0 saturated carbocycles. The van der Waals surface area contributed by atoms with Gasteiger partial charge in [-0.25, -0.2) is 9.59 Å². The smallest absolute Gasteiger partial charge is 0.340 e. The van der Waals surface area contributed by atoms with Crippen LogP contribution in [0.5, 0.6) is 0 Å². The highest BCUT2D eigenvalue weighted by molar-refractivity contribution is 6.02. The first-order valence-electron chi connectivity index (χ1n) is 7.39. The normalized spacial score (nSPS) is 21.5. The fourth-order valence-electron chi connectivity index (χ4n) is 2.69. The first-order valence-corrected chi connectivity index (χ1v) is 7.39. The van der Waals surface area contributed by atoms with Gasteiger partial charge < -0.3 is 19.5 Å². The van der Waals surface area contributed by atoms with Crippen molar-refractivity contribution in [2.75, 3.05) is 13.7 Å². The maximum absolute atomic E-state index is 12.4. The number of carboxylic acid groups (broad SMARTS) is 1. The molecule has 2 aliphatic heterocycles. The minimum Gasteiger partial charge on any atom is -0.478 e. The van der Waals surface area contributed by atoms with E-state index in [-0.39, 0.29) is 23.6 Å². The number of carbonyl (C=O) groups is 2. The highest BCUT2D eigenvalue weighted by Gasteiger charge is 2.54. The van der Waals surface area contributed by atoms with Crippen LogP contribution in [0.3, 0.4) is 0 Å². The van der Waals surface area contributed by atoms with E-state index in [1.807, 2.05) is 0 Å². The van der Waals surface area contributed by atoms with Gasteiger partial charge in [0.25, 0.3) is 0 Å². The van der Waals surface area contributed by atoms with Gasteiger partial charge in [-0.15, -0.1) is 0 Å². The molecule has 2 aliphatic rings. The number of rotatable bonds is 5. The van der Waals surface area contributed by atoms with Crippen LogP contribution < -0.4 is 0 Å². The molecule has 0 saturated heterocycles. The lowest BCUT2D eigenvalue weighted by Gasteiger charge is -2.38. The van der Waals surface area contributed by atoms with Crippen molar-refractivity contribution in [1.29, 1.82) is 10.5 Å². The Morgan fingerprint density at radius 2 is 2.04 bits per heavy atom. The van der Waals surface area contributed by atoms with Gasteiger partial charge in [0.1, 0.15) is 29.0 Å².